The number of rotatable bonds is 7. The highest BCUT2D eigenvalue weighted by atomic mass is 32.2. The Kier molecular flexibility index (Phi) is 6.39. The van der Waals surface area contributed by atoms with Crippen molar-refractivity contribution in [1.82, 2.24) is 15.1 Å². The topological polar surface area (TPSA) is 110 Å². The number of amides is 2. The first-order chi connectivity index (χ1) is 15.1. The highest BCUT2D eigenvalue weighted by Crippen LogP contribution is 2.26. The Labute approximate surface area is 186 Å². The van der Waals surface area contributed by atoms with Crippen LogP contribution in [-0.4, -0.2) is 26.9 Å². The predicted octanol–water partition coefficient (Wildman–Crippen LogP) is 4.63. The number of benzene rings is 2. The molecule has 0 spiro atoms. The largest absolute Gasteiger partial charge is 0.340 e. The summed E-state index contributed by atoms with van der Waals surface area (Å²) in [7, 11) is 0. The molecule has 0 saturated carbocycles. The molecule has 2 N–H and O–H groups in total. The van der Waals surface area contributed by atoms with Crippen LogP contribution in [0.15, 0.2) is 69.5 Å². The molecule has 0 radical (unpaired) electrons. The zero-order valence-electron chi connectivity index (χ0n) is 16.4. The lowest BCUT2D eigenvalue weighted by Crippen LogP contribution is -2.14. The summed E-state index contributed by atoms with van der Waals surface area (Å²) in [6.45, 7) is 1.73. The molecule has 2 amide bonds. The minimum atomic E-state index is -0.258. The van der Waals surface area contributed by atoms with Gasteiger partial charge in [0.1, 0.15) is 0 Å². The smallest absolute Gasteiger partial charge is 0.257 e. The van der Waals surface area contributed by atoms with Gasteiger partial charge in [0, 0.05) is 34.6 Å². The lowest BCUT2D eigenvalue weighted by atomic mass is 10.1. The summed E-state index contributed by atoms with van der Waals surface area (Å²) < 4.78 is 4.98. The van der Waals surface area contributed by atoms with Gasteiger partial charge in [-0.25, -0.2) is 4.98 Å². The fourth-order valence-corrected chi connectivity index (χ4v) is 4.10. The van der Waals surface area contributed by atoms with E-state index in [0.29, 0.717) is 39.4 Å². The fraction of sp³-hybridized carbons (Fsp3) is 0.0952. The molecule has 2 aromatic carbocycles. The lowest BCUT2D eigenvalue weighted by Gasteiger charge is -2.10. The first-order valence-electron chi connectivity index (χ1n) is 9.22. The first kappa shape index (κ1) is 20.8. The van der Waals surface area contributed by atoms with E-state index in [1.165, 1.54) is 23.1 Å². The van der Waals surface area contributed by atoms with E-state index in [0.717, 1.165) is 4.90 Å². The second-order valence-corrected chi connectivity index (χ2v) is 8.25. The number of nitrogens with one attached hydrogen (secondary N) is 2. The van der Waals surface area contributed by atoms with E-state index in [2.05, 4.69) is 25.8 Å². The third-order valence-electron chi connectivity index (χ3n) is 4.12. The monoisotopic (exact) mass is 451 g/mol. The molecule has 4 aromatic rings. The molecular weight excluding hydrogens is 434 g/mol. The molecule has 8 nitrogen and oxygen atoms in total. The van der Waals surface area contributed by atoms with Gasteiger partial charge in [0.2, 0.25) is 5.89 Å². The van der Waals surface area contributed by atoms with Gasteiger partial charge in [0.15, 0.2) is 11.0 Å². The lowest BCUT2D eigenvalue weighted by molar-refractivity contribution is 0.101. The van der Waals surface area contributed by atoms with Gasteiger partial charge in [-0.05, 0) is 36.4 Å². The van der Waals surface area contributed by atoms with Crippen LogP contribution in [0.5, 0.6) is 0 Å². The average molecular weight is 452 g/mol. The van der Waals surface area contributed by atoms with Crippen LogP contribution in [-0.2, 0) is 5.75 Å². The van der Waals surface area contributed by atoms with Gasteiger partial charge >= 0.3 is 0 Å². The zero-order valence-corrected chi connectivity index (χ0v) is 18.0. The number of nitrogens with zero attached hydrogens (tertiary/aromatic N) is 3. The van der Waals surface area contributed by atoms with E-state index in [1.807, 2.05) is 18.2 Å². The van der Waals surface area contributed by atoms with Crippen LogP contribution in [0, 0.1) is 6.92 Å². The Morgan fingerprint density at radius 2 is 1.87 bits per heavy atom. The van der Waals surface area contributed by atoms with Gasteiger partial charge < -0.3 is 9.84 Å². The van der Waals surface area contributed by atoms with Crippen LogP contribution in [0.2, 0.25) is 0 Å². The molecule has 0 bridgehead atoms. The highest BCUT2D eigenvalue weighted by molar-refractivity contribution is 7.98. The average Bonchev–Trinajstić information content (AvgIpc) is 3.44. The van der Waals surface area contributed by atoms with Crippen molar-refractivity contribution in [3.8, 4) is 0 Å². The molecule has 0 fully saturated rings. The van der Waals surface area contributed by atoms with E-state index >= 15 is 0 Å². The number of thiazole rings is 1. The predicted molar refractivity (Wildman–Crippen MR) is 120 cm³/mol. The number of anilines is 2. The van der Waals surface area contributed by atoms with Crippen molar-refractivity contribution in [3.63, 3.8) is 0 Å². The number of carbonyl (C=O) groups excluding carboxylic acids is 2. The molecular formula is C21H17N5O3S2. The molecule has 0 saturated heterocycles. The van der Waals surface area contributed by atoms with E-state index in [-0.39, 0.29) is 11.8 Å². The minimum absolute atomic E-state index is 0.243. The van der Waals surface area contributed by atoms with Crippen LogP contribution in [0.1, 0.15) is 32.4 Å². The second kappa shape index (κ2) is 9.54. The molecule has 0 aliphatic heterocycles. The van der Waals surface area contributed by atoms with Crippen LogP contribution in [0.25, 0.3) is 0 Å². The number of hydrogen-bond donors (Lipinski definition) is 2. The minimum Gasteiger partial charge on any atom is -0.340 e. The van der Waals surface area contributed by atoms with Crippen LogP contribution in [0.4, 0.5) is 10.8 Å². The van der Waals surface area contributed by atoms with Crippen molar-refractivity contribution >= 4 is 45.7 Å². The maximum absolute atomic E-state index is 12.8. The van der Waals surface area contributed by atoms with Gasteiger partial charge in [-0.15, -0.1) is 23.1 Å². The van der Waals surface area contributed by atoms with Gasteiger partial charge in [0.25, 0.3) is 11.8 Å². The number of aromatic nitrogens is 3. The van der Waals surface area contributed by atoms with Gasteiger partial charge in [-0.2, -0.15) is 4.98 Å². The maximum Gasteiger partial charge on any atom is 0.257 e. The number of aryl methyl sites for hydroxylation is 1. The first-order valence-corrected chi connectivity index (χ1v) is 11.1. The highest BCUT2D eigenvalue weighted by Gasteiger charge is 2.14. The fourth-order valence-electron chi connectivity index (χ4n) is 2.68. The number of carbonyl (C=O) groups is 2. The molecule has 0 unspecified atom stereocenters. The summed E-state index contributed by atoms with van der Waals surface area (Å²) in [4.78, 5) is 34.1. The van der Waals surface area contributed by atoms with Gasteiger partial charge in [-0.3, -0.25) is 14.9 Å². The Morgan fingerprint density at radius 1 is 1.06 bits per heavy atom. The Morgan fingerprint density at radius 3 is 2.58 bits per heavy atom. The summed E-state index contributed by atoms with van der Waals surface area (Å²) in [5, 5.41) is 11.8. The normalized spacial score (nSPS) is 10.6. The Balaban J connectivity index is 1.40. The van der Waals surface area contributed by atoms with Crippen LogP contribution in [0.3, 0.4) is 0 Å². The second-order valence-electron chi connectivity index (χ2n) is 6.34. The zero-order chi connectivity index (χ0) is 21.6. The van der Waals surface area contributed by atoms with Crippen LogP contribution < -0.4 is 10.6 Å². The third kappa shape index (κ3) is 5.36. The quantitative estimate of drug-likeness (QED) is 0.394. The standard InChI is InChI=1S/C21H17N5O3S2/c1-13-23-18(26-29-13)12-31-17-5-3-2-4-16(17)20(28)24-15-8-6-14(7-9-15)19(27)25-21-22-10-11-30-21/h2-11H,12H2,1H3,(H,24,28)(H,22,25,27). The summed E-state index contributed by atoms with van der Waals surface area (Å²) in [5.41, 5.74) is 1.60. The molecule has 0 atom stereocenters. The van der Waals surface area contributed by atoms with E-state index in [4.69, 9.17) is 4.52 Å². The number of hydrogen-bond acceptors (Lipinski definition) is 8. The summed E-state index contributed by atoms with van der Waals surface area (Å²) >= 11 is 2.80. The van der Waals surface area contributed by atoms with Crippen LogP contribution >= 0.6 is 23.1 Å². The van der Waals surface area contributed by atoms with E-state index < -0.39 is 0 Å². The number of thioether (sulfide) groups is 1. The molecule has 2 aromatic heterocycles. The Bertz CT molecular complexity index is 1190. The maximum atomic E-state index is 12.8. The molecule has 4 rings (SSSR count). The molecule has 156 valence electrons. The van der Waals surface area contributed by atoms with E-state index in [1.54, 1.807) is 48.8 Å². The SMILES string of the molecule is Cc1nc(CSc2ccccc2C(=O)Nc2ccc(C(=O)Nc3nccs3)cc2)no1. The van der Waals surface area contributed by atoms with E-state index in [9.17, 15) is 9.59 Å². The summed E-state index contributed by atoms with van der Waals surface area (Å²) in [5.74, 6) is 1.07. The van der Waals surface area contributed by atoms with Crippen molar-refractivity contribution in [3.05, 3.63) is 82.9 Å². The molecule has 10 heteroatoms. The molecule has 2 heterocycles. The molecule has 0 aliphatic rings. The van der Waals surface area contributed by atoms with Gasteiger partial charge in [-0.1, -0.05) is 17.3 Å². The summed E-state index contributed by atoms with van der Waals surface area (Å²) in [6.07, 6.45) is 1.62. The third-order valence-corrected chi connectivity index (χ3v) is 5.87. The van der Waals surface area contributed by atoms with Crippen molar-refractivity contribution in [2.24, 2.45) is 0 Å². The van der Waals surface area contributed by atoms with Crippen molar-refractivity contribution in [1.29, 1.82) is 0 Å². The summed E-state index contributed by atoms with van der Waals surface area (Å²) in [6, 6.07) is 14.0. The van der Waals surface area contributed by atoms with Crippen molar-refractivity contribution in [2.75, 3.05) is 10.6 Å². The van der Waals surface area contributed by atoms with Crippen molar-refractivity contribution in [2.45, 2.75) is 17.6 Å². The van der Waals surface area contributed by atoms with Crippen molar-refractivity contribution < 1.29 is 14.1 Å². The molecule has 0 aliphatic carbocycles. The Hall–Kier alpha value is -3.50. The van der Waals surface area contributed by atoms with Gasteiger partial charge in [0.05, 0.1) is 11.3 Å². The molecule has 31 heavy (non-hydrogen) atoms.